The van der Waals surface area contributed by atoms with Gasteiger partial charge < -0.3 is 10.4 Å². The molecule has 27 heavy (non-hydrogen) atoms. The minimum absolute atomic E-state index is 0.133. The second-order valence-corrected chi connectivity index (χ2v) is 7.57. The zero-order valence-corrected chi connectivity index (χ0v) is 16.0. The fourth-order valence-corrected chi connectivity index (χ4v) is 3.63. The molecule has 4 rings (SSSR count). The first-order chi connectivity index (χ1) is 13.0. The van der Waals surface area contributed by atoms with Crippen LogP contribution in [0.2, 0.25) is 0 Å². The summed E-state index contributed by atoms with van der Waals surface area (Å²) >= 11 is 0. The molecule has 0 aliphatic heterocycles. The predicted octanol–water partition coefficient (Wildman–Crippen LogP) is 4.10. The Morgan fingerprint density at radius 2 is 2.04 bits per heavy atom. The first-order valence-corrected chi connectivity index (χ1v) is 9.27. The number of benzene rings is 1. The molecule has 5 nitrogen and oxygen atoms in total. The smallest absolute Gasteiger partial charge is 0.227 e. The van der Waals surface area contributed by atoms with Crippen molar-refractivity contribution in [2.45, 2.75) is 39.0 Å². The fraction of sp³-hybridized carbons (Fsp3) is 0.318. The van der Waals surface area contributed by atoms with E-state index in [0.717, 1.165) is 41.0 Å². The lowest BCUT2D eigenvalue weighted by Gasteiger charge is -2.22. The van der Waals surface area contributed by atoms with Crippen LogP contribution in [0.15, 0.2) is 42.7 Å². The number of hydrogen-bond donors (Lipinski definition) is 2. The SMILES string of the molecule is Cc1cccc(Nc2nccc(-c3cnc4c(c3)C(C)(CO)CC4)n2)c1C. The number of rotatable bonds is 4. The average molecular weight is 360 g/mol. The normalized spacial score (nSPS) is 18.4. The third kappa shape index (κ3) is 3.19. The van der Waals surface area contributed by atoms with Gasteiger partial charge in [-0.3, -0.25) is 4.98 Å². The number of pyridine rings is 1. The molecular formula is C22H24N4O. The van der Waals surface area contributed by atoms with Gasteiger partial charge in [-0.15, -0.1) is 0 Å². The van der Waals surface area contributed by atoms with Crippen molar-refractivity contribution in [1.82, 2.24) is 15.0 Å². The van der Waals surface area contributed by atoms with Gasteiger partial charge in [0.25, 0.3) is 0 Å². The molecule has 0 radical (unpaired) electrons. The van der Waals surface area contributed by atoms with Crippen LogP contribution in [0.5, 0.6) is 0 Å². The fourth-order valence-electron chi connectivity index (χ4n) is 3.63. The van der Waals surface area contributed by atoms with Crippen molar-refractivity contribution >= 4 is 11.6 Å². The second-order valence-electron chi connectivity index (χ2n) is 7.57. The van der Waals surface area contributed by atoms with Crippen molar-refractivity contribution in [2.75, 3.05) is 11.9 Å². The van der Waals surface area contributed by atoms with Crippen molar-refractivity contribution in [3.63, 3.8) is 0 Å². The van der Waals surface area contributed by atoms with E-state index in [1.54, 1.807) is 6.20 Å². The summed E-state index contributed by atoms with van der Waals surface area (Å²) in [7, 11) is 0. The Morgan fingerprint density at radius 3 is 2.85 bits per heavy atom. The minimum Gasteiger partial charge on any atom is -0.395 e. The van der Waals surface area contributed by atoms with E-state index in [9.17, 15) is 5.11 Å². The number of aryl methyl sites for hydroxylation is 2. The van der Waals surface area contributed by atoms with Gasteiger partial charge in [0.2, 0.25) is 5.95 Å². The molecule has 2 N–H and O–H groups in total. The lowest BCUT2D eigenvalue weighted by atomic mass is 9.85. The van der Waals surface area contributed by atoms with Crippen LogP contribution in [0.4, 0.5) is 11.6 Å². The van der Waals surface area contributed by atoms with Crippen LogP contribution in [0.1, 0.15) is 35.7 Å². The largest absolute Gasteiger partial charge is 0.395 e. The van der Waals surface area contributed by atoms with Gasteiger partial charge >= 0.3 is 0 Å². The molecule has 0 fully saturated rings. The number of aliphatic hydroxyl groups is 1. The lowest BCUT2D eigenvalue weighted by molar-refractivity contribution is 0.206. The molecule has 3 aromatic rings. The number of hydrogen-bond acceptors (Lipinski definition) is 5. The Bertz CT molecular complexity index is 1000. The van der Waals surface area contributed by atoms with Gasteiger partial charge in [-0.2, -0.15) is 0 Å². The molecule has 0 spiro atoms. The monoisotopic (exact) mass is 360 g/mol. The Balaban J connectivity index is 1.68. The number of nitrogens with zero attached hydrogens (tertiary/aromatic N) is 3. The number of anilines is 2. The Kier molecular flexibility index (Phi) is 4.40. The van der Waals surface area contributed by atoms with Crippen molar-refractivity contribution in [3.8, 4) is 11.3 Å². The summed E-state index contributed by atoms with van der Waals surface area (Å²) in [6, 6.07) is 10.2. The van der Waals surface area contributed by atoms with Crippen LogP contribution in [-0.2, 0) is 11.8 Å². The third-order valence-electron chi connectivity index (χ3n) is 5.69. The van der Waals surface area contributed by atoms with E-state index in [-0.39, 0.29) is 12.0 Å². The van der Waals surface area contributed by atoms with Crippen LogP contribution < -0.4 is 5.32 Å². The zero-order valence-electron chi connectivity index (χ0n) is 16.0. The van der Waals surface area contributed by atoms with Gasteiger partial charge in [0.1, 0.15) is 0 Å². The molecule has 1 aromatic carbocycles. The summed E-state index contributed by atoms with van der Waals surface area (Å²) in [4.78, 5) is 13.7. The van der Waals surface area contributed by atoms with Gasteiger partial charge in [-0.1, -0.05) is 19.1 Å². The molecule has 5 heteroatoms. The Hall–Kier alpha value is -2.79. The molecule has 138 valence electrons. The maximum Gasteiger partial charge on any atom is 0.227 e. The predicted molar refractivity (Wildman–Crippen MR) is 107 cm³/mol. The highest BCUT2D eigenvalue weighted by atomic mass is 16.3. The molecule has 2 heterocycles. The highest BCUT2D eigenvalue weighted by Gasteiger charge is 2.34. The highest BCUT2D eigenvalue weighted by Crippen LogP contribution is 2.39. The molecule has 1 unspecified atom stereocenters. The summed E-state index contributed by atoms with van der Waals surface area (Å²) in [5, 5.41) is 13.1. The number of aliphatic hydroxyl groups excluding tert-OH is 1. The summed E-state index contributed by atoms with van der Waals surface area (Å²) in [6.07, 6.45) is 5.47. The maximum atomic E-state index is 9.83. The molecule has 0 bridgehead atoms. The molecule has 0 saturated heterocycles. The summed E-state index contributed by atoms with van der Waals surface area (Å²) in [5.41, 5.74) is 7.18. The van der Waals surface area contributed by atoms with Gasteiger partial charge in [0.05, 0.1) is 12.3 Å². The van der Waals surface area contributed by atoms with Crippen molar-refractivity contribution in [2.24, 2.45) is 0 Å². The lowest BCUT2D eigenvalue weighted by Crippen LogP contribution is -2.23. The number of nitrogens with one attached hydrogen (secondary N) is 1. The summed E-state index contributed by atoms with van der Waals surface area (Å²) in [6.45, 7) is 6.40. The summed E-state index contributed by atoms with van der Waals surface area (Å²) in [5.74, 6) is 0.562. The van der Waals surface area contributed by atoms with Crippen molar-refractivity contribution < 1.29 is 5.11 Å². The second kappa shape index (κ2) is 6.74. The van der Waals surface area contributed by atoms with Crippen LogP contribution in [0.25, 0.3) is 11.3 Å². The summed E-state index contributed by atoms with van der Waals surface area (Å²) < 4.78 is 0. The molecule has 1 atom stereocenters. The number of fused-ring (bicyclic) bond motifs is 1. The molecule has 0 saturated carbocycles. The van der Waals surface area contributed by atoms with Gasteiger partial charge in [-0.25, -0.2) is 9.97 Å². The Morgan fingerprint density at radius 1 is 1.19 bits per heavy atom. The number of aromatic nitrogens is 3. The molecular weight excluding hydrogens is 336 g/mol. The van der Waals surface area contributed by atoms with E-state index in [4.69, 9.17) is 0 Å². The van der Waals surface area contributed by atoms with Crippen LogP contribution >= 0.6 is 0 Å². The van der Waals surface area contributed by atoms with Gasteiger partial charge in [0.15, 0.2) is 0 Å². The van der Waals surface area contributed by atoms with Crippen molar-refractivity contribution in [3.05, 3.63) is 65.1 Å². The zero-order chi connectivity index (χ0) is 19.0. The molecule has 1 aliphatic carbocycles. The van der Waals surface area contributed by atoms with Gasteiger partial charge in [-0.05, 0) is 61.6 Å². The molecule has 0 amide bonds. The Labute approximate surface area is 159 Å². The van der Waals surface area contributed by atoms with E-state index >= 15 is 0 Å². The van der Waals surface area contributed by atoms with Gasteiger partial charge in [0, 0.05) is 34.8 Å². The standard InChI is InChI=1S/C22H24N4O/c1-14-5-4-6-18(15(14)2)25-21-23-10-8-19(26-21)16-11-17-20(24-12-16)7-9-22(17,3)13-27/h4-6,8,10-12,27H,7,9,13H2,1-3H3,(H,23,25,26). The van der Waals surface area contributed by atoms with Crippen LogP contribution in [0, 0.1) is 13.8 Å². The average Bonchev–Trinajstić information content (AvgIpc) is 3.03. The third-order valence-corrected chi connectivity index (χ3v) is 5.69. The van der Waals surface area contributed by atoms with Crippen LogP contribution in [-0.4, -0.2) is 26.7 Å². The van der Waals surface area contributed by atoms with E-state index in [1.807, 2.05) is 24.4 Å². The highest BCUT2D eigenvalue weighted by molar-refractivity contribution is 5.64. The topological polar surface area (TPSA) is 70.9 Å². The molecule has 2 aromatic heterocycles. The minimum atomic E-state index is -0.217. The first-order valence-electron chi connectivity index (χ1n) is 9.27. The maximum absolute atomic E-state index is 9.83. The van der Waals surface area contributed by atoms with E-state index in [2.05, 4.69) is 53.2 Å². The van der Waals surface area contributed by atoms with E-state index in [1.165, 1.54) is 11.1 Å². The quantitative estimate of drug-likeness (QED) is 0.733. The molecule has 1 aliphatic rings. The van der Waals surface area contributed by atoms with Crippen LogP contribution in [0.3, 0.4) is 0 Å². The van der Waals surface area contributed by atoms with Crippen molar-refractivity contribution in [1.29, 1.82) is 0 Å². The van der Waals surface area contributed by atoms with E-state index in [0.29, 0.717) is 5.95 Å². The van der Waals surface area contributed by atoms with E-state index < -0.39 is 0 Å². The first kappa shape index (κ1) is 17.6.